The maximum atomic E-state index is 10.9. The molecule has 0 atom stereocenters. The van der Waals surface area contributed by atoms with Gasteiger partial charge in [0.15, 0.2) is 16.7 Å². The van der Waals surface area contributed by atoms with E-state index in [0.717, 1.165) is 30.0 Å². The quantitative estimate of drug-likeness (QED) is 0.367. The van der Waals surface area contributed by atoms with E-state index in [4.69, 9.17) is 19.0 Å². The van der Waals surface area contributed by atoms with E-state index in [0.29, 0.717) is 28.2 Å². The summed E-state index contributed by atoms with van der Waals surface area (Å²) in [7, 11) is 5.24. The van der Waals surface area contributed by atoms with Gasteiger partial charge in [0.25, 0.3) is 0 Å². The van der Waals surface area contributed by atoms with Crippen molar-refractivity contribution in [2.75, 3.05) is 32.7 Å². The Bertz CT molecular complexity index is 1050. The van der Waals surface area contributed by atoms with Crippen LogP contribution in [-0.2, 0) is 12.2 Å². The molecule has 0 spiro atoms. The topological polar surface area (TPSA) is 97.9 Å². The van der Waals surface area contributed by atoms with Crippen LogP contribution in [0.4, 0.5) is 5.82 Å². The molecular weight excluding hydrogens is 418 g/mol. The van der Waals surface area contributed by atoms with Crippen molar-refractivity contribution in [1.82, 2.24) is 9.97 Å². The first-order valence-corrected chi connectivity index (χ1v) is 10.6. The molecule has 0 aliphatic rings. The van der Waals surface area contributed by atoms with Gasteiger partial charge in [-0.15, -0.1) is 0 Å². The predicted molar refractivity (Wildman–Crippen MR) is 119 cm³/mol. The maximum absolute atomic E-state index is 10.9. The summed E-state index contributed by atoms with van der Waals surface area (Å²) in [6.07, 6.45) is 0.812. The number of nitrogens with zero attached hydrogens (tertiary/aromatic N) is 3. The van der Waals surface area contributed by atoms with Crippen molar-refractivity contribution in [3.63, 3.8) is 0 Å². The van der Waals surface area contributed by atoms with Gasteiger partial charge in [-0.1, -0.05) is 17.8 Å². The lowest BCUT2D eigenvalue weighted by molar-refractivity contribution is 0.0661. The highest BCUT2D eigenvalue weighted by Crippen LogP contribution is 2.28. The van der Waals surface area contributed by atoms with Gasteiger partial charge >= 0.3 is 5.97 Å². The van der Waals surface area contributed by atoms with Gasteiger partial charge < -0.3 is 23.9 Å². The molecule has 0 bridgehead atoms. The highest BCUT2D eigenvalue weighted by atomic mass is 32.2. The summed E-state index contributed by atoms with van der Waals surface area (Å²) in [4.78, 5) is 22.1. The van der Waals surface area contributed by atoms with Crippen molar-refractivity contribution in [2.45, 2.75) is 24.3 Å². The zero-order chi connectivity index (χ0) is 22.4. The molecule has 0 aliphatic carbocycles. The van der Waals surface area contributed by atoms with Gasteiger partial charge in [0.2, 0.25) is 5.76 Å². The molecule has 0 aliphatic heterocycles. The molecule has 0 amide bonds. The van der Waals surface area contributed by atoms with E-state index in [1.165, 1.54) is 17.8 Å². The number of furan rings is 1. The van der Waals surface area contributed by atoms with Crippen molar-refractivity contribution >= 4 is 23.5 Å². The zero-order valence-corrected chi connectivity index (χ0v) is 18.7. The van der Waals surface area contributed by atoms with Crippen LogP contribution in [0.15, 0.2) is 46.0 Å². The number of hydrogen-bond donors (Lipinski definition) is 1. The minimum absolute atomic E-state index is 0.0728. The first-order valence-electron chi connectivity index (χ1n) is 9.62. The third kappa shape index (κ3) is 5.91. The Hall–Kier alpha value is -3.20. The maximum Gasteiger partial charge on any atom is 0.371 e. The minimum atomic E-state index is -1.08. The third-order valence-electron chi connectivity index (χ3n) is 4.61. The average molecular weight is 444 g/mol. The van der Waals surface area contributed by atoms with Crippen molar-refractivity contribution in [2.24, 2.45) is 0 Å². The second-order valence-corrected chi connectivity index (χ2v) is 7.81. The first-order chi connectivity index (χ1) is 14.9. The van der Waals surface area contributed by atoms with Gasteiger partial charge in [-0.2, -0.15) is 0 Å². The zero-order valence-electron chi connectivity index (χ0n) is 17.9. The number of thioether (sulfide) groups is 1. The van der Waals surface area contributed by atoms with Crippen molar-refractivity contribution in [3.8, 4) is 11.5 Å². The average Bonchev–Trinajstić information content (AvgIpc) is 3.25. The molecule has 164 valence electrons. The molecule has 2 heterocycles. The number of benzene rings is 1. The number of carboxylic acids is 1. The second kappa shape index (κ2) is 10.2. The number of likely N-dealkylation sites (N-methyl/N-ethyl adjacent to an activating group) is 1. The normalized spacial score (nSPS) is 10.7. The Morgan fingerprint density at radius 1 is 1.13 bits per heavy atom. The fourth-order valence-electron chi connectivity index (χ4n) is 2.94. The van der Waals surface area contributed by atoms with Crippen LogP contribution in [0.2, 0.25) is 0 Å². The lowest BCUT2D eigenvalue weighted by Gasteiger charge is -2.19. The van der Waals surface area contributed by atoms with Gasteiger partial charge in [-0.3, -0.25) is 0 Å². The van der Waals surface area contributed by atoms with Gasteiger partial charge in [-0.05, 0) is 43.2 Å². The number of hydrogen-bond acceptors (Lipinski definition) is 8. The number of methoxy groups -OCH3 is 2. The summed E-state index contributed by atoms with van der Waals surface area (Å²) >= 11 is 1.40. The molecule has 0 saturated carbocycles. The van der Waals surface area contributed by atoms with Gasteiger partial charge in [0.05, 0.1) is 20.0 Å². The molecule has 1 aromatic carbocycles. The third-order valence-corrected chi connectivity index (χ3v) is 5.48. The summed E-state index contributed by atoms with van der Waals surface area (Å²) in [6.45, 7) is 2.68. The van der Waals surface area contributed by atoms with Crippen molar-refractivity contribution in [1.29, 1.82) is 0 Å². The second-order valence-electron chi connectivity index (χ2n) is 6.87. The van der Waals surface area contributed by atoms with Crippen LogP contribution in [0.3, 0.4) is 0 Å². The van der Waals surface area contributed by atoms with Crippen molar-refractivity contribution < 1.29 is 23.8 Å². The molecule has 0 fully saturated rings. The monoisotopic (exact) mass is 443 g/mol. The largest absolute Gasteiger partial charge is 0.493 e. The number of rotatable bonds is 10. The van der Waals surface area contributed by atoms with Crippen LogP contribution < -0.4 is 14.4 Å². The van der Waals surface area contributed by atoms with E-state index >= 15 is 0 Å². The van der Waals surface area contributed by atoms with Crippen LogP contribution in [-0.4, -0.2) is 48.9 Å². The van der Waals surface area contributed by atoms with Crippen LogP contribution in [0.5, 0.6) is 11.5 Å². The number of anilines is 1. The summed E-state index contributed by atoms with van der Waals surface area (Å²) in [5, 5.41) is 9.57. The van der Waals surface area contributed by atoms with E-state index in [1.54, 1.807) is 20.3 Å². The summed E-state index contributed by atoms with van der Waals surface area (Å²) in [6, 6.07) is 11.0. The van der Waals surface area contributed by atoms with Crippen LogP contribution in [0.1, 0.15) is 27.6 Å². The molecule has 2 aromatic heterocycles. The predicted octanol–water partition coefficient (Wildman–Crippen LogP) is 4.06. The fourth-order valence-corrected chi connectivity index (χ4v) is 3.73. The van der Waals surface area contributed by atoms with E-state index in [1.807, 2.05) is 38.2 Å². The number of aromatic carboxylic acids is 1. The lowest BCUT2D eigenvalue weighted by Crippen LogP contribution is -2.22. The molecule has 3 aromatic rings. The van der Waals surface area contributed by atoms with Crippen LogP contribution in [0.25, 0.3) is 0 Å². The van der Waals surface area contributed by atoms with E-state index < -0.39 is 5.97 Å². The highest BCUT2D eigenvalue weighted by molar-refractivity contribution is 7.98. The number of aryl methyl sites for hydroxylation is 1. The summed E-state index contributed by atoms with van der Waals surface area (Å²) in [5.41, 5.74) is 1.99. The minimum Gasteiger partial charge on any atom is -0.493 e. The smallest absolute Gasteiger partial charge is 0.371 e. The number of carboxylic acid groups (broad SMARTS) is 1. The molecule has 0 unspecified atom stereocenters. The molecule has 1 N–H and O–H groups in total. The first kappa shape index (κ1) is 22.5. The number of ether oxygens (including phenoxy) is 2. The van der Waals surface area contributed by atoms with Crippen LogP contribution >= 0.6 is 11.8 Å². The molecule has 8 nitrogen and oxygen atoms in total. The van der Waals surface area contributed by atoms with E-state index in [2.05, 4.69) is 14.9 Å². The Kier molecular flexibility index (Phi) is 7.41. The summed E-state index contributed by atoms with van der Waals surface area (Å²) < 4.78 is 16.0. The molecule has 0 radical (unpaired) electrons. The highest BCUT2D eigenvalue weighted by Gasteiger charge is 2.12. The standard InChI is InChI=1S/C22H25N3O5S/c1-14-11-20(24-22(23-14)31-13-16-6-8-18(30-16)21(26)27)25(2)10-9-15-5-7-17(28-3)19(12-15)29-4/h5-8,11-12H,9-10,13H2,1-4H3,(H,26,27). The van der Waals surface area contributed by atoms with E-state index in [-0.39, 0.29) is 5.76 Å². The van der Waals surface area contributed by atoms with Crippen molar-refractivity contribution in [3.05, 3.63) is 59.2 Å². The lowest BCUT2D eigenvalue weighted by atomic mass is 10.1. The Morgan fingerprint density at radius 3 is 2.58 bits per heavy atom. The Balaban J connectivity index is 1.64. The Morgan fingerprint density at radius 2 is 1.90 bits per heavy atom. The fraction of sp³-hybridized carbons (Fsp3) is 0.318. The van der Waals surface area contributed by atoms with Gasteiger partial charge in [0.1, 0.15) is 11.6 Å². The molecule has 3 rings (SSSR count). The van der Waals surface area contributed by atoms with Crippen LogP contribution in [0, 0.1) is 6.92 Å². The molecule has 0 saturated heterocycles. The summed E-state index contributed by atoms with van der Waals surface area (Å²) in [5.74, 6) is 2.10. The van der Waals surface area contributed by atoms with E-state index in [9.17, 15) is 4.79 Å². The van der Waals surface area contributed by atoms with Gasteiger partial charge in [-0.25, -0.2) is 14.8 Å². The molecule has 31 heavy (non-hydrogen) atoms. The number of aromatic nitrogens is 2. The number of carbonyl (C=O) groups is 1. The van der Waals surface area contributed by atoms with Gasteiger partial charge in [0, 0.05) is 25.4 Å². The molecule has 9 heteroatoms. The molecular formula is C22H25N3O5S. The SMILES string of the molecule is COc1ccc(CCN(C)c2cc(C)nc(SCc3ccc(C(=O)O)o3)n2)cc1OC. The Labute approximate surface area is 185 Å².